The number of nitrogens with zero attached hydrogens (tertiary/aromatic N) is 3. The lowest BCUT2D eigenvalue weighted by molar-refractivity contribution is 0.728. The number of pyridine rings is 1. The predicted octanol–water partition coefficient (Wildman–Crippen LogP) is 3.35. The summed E-state index contributed by atoms with van der Waals surface area (Å²) in [6, 6.07) is 0. The van der Waals surface area contributed by atoms with E-state index >= 15 is 0 Å². The van der Waals surface area contributed by atoms with Crippen molar-refractivity contribution >= 4 is 11.0 Å². The third-order valence-electron chi connectivity index (χ3n) is 3.64. The first-order valence-corrected chi connectivity index (χ1v) is 6.41. The van der Waals surface area contributed by atoms with Gasteiger partial charge in [0.15, 0.2) is 5.65 Å². The molecule has 2 aromatic rings. The molecule has 3 nitrogen and oxygen atoms in total. The number of aromatic nitrogens is 3. The van der Waals surface area contributed by atoms with Crippen LogP contribution >= 0.6 is 0 Å². The molecule has 0 amide bonds. The summed E-state index contributed by atoms with van der Waals surface area (Å²) in [4.78, 5) is 4.55. The molecule has 0 fully saturated rings. The molecule has 0 N–H and O–H groups in total. The van der Waals surface area contributed by atoms with Gasteiger partial charge in [0.2, 0.25) is 0 Å². The van der Waals surface area contributed by atoms with Crippen molar-refractivity contribution in [2.24, 2.45) is 7.05 Å². The van der Waals surface area contributed by atoms with Gasteiger partial charge < -0.3 is 0 Å². The number of rotatable bonds is 3. The van der Waals surface area contributed by atoms with Crippen LogP contribution in [0.1, 0.15) is 49.9 Å². The van der Waals surface area contributed by atoms with Crippen molar-refractivity contribution in [1.82, 2.24) is 14.8 Å². The van der Waals surface area contributed by atoms with Gasteiger partial charge in [-0.2, -0.15) is 5.10 Å². The van der Waals surface area contributed by atoms with Gasteiger partial charge >= 0.3 is 0 Å². The molecule has 1 atom stereocenters. The van der Waals surface area contributed by atoms with Crippen LogP contribution in [0.15, 0.2) is 6.20 Å². The zero-order chi connectivity index (χ0) is 12.6. The maximum atomic E-state index is 4.55. The largest absolute Gasteiger partial charge is 0.250 e. The molecule has 3 heteroatoms. The van der Waals surface area contributed by atoms with Crippen molar-refractivity contribution in [3.05, 3.63) is 23.0 Å². The van der Waals surface area contributed by atoms with Gasteiger partial charge in [-0.15, -0.1) is 0 Å². The minimum absolute atomic E-state index is 0.568. The molecule has 2 aromatic heterocycles. The van der Waals surface area contributed by atoms with Gasteiger partial charge in [-0.25, -0.2) is 4.98 Å². The van der Waals surface area contributed by atoms with E-state index in [1.165, 1.54) is 16.5 Å². The molecule has 92 valence electrons. The van der Waals surface area contributed by atoms with Gasteiger partial charge in [0, 0.05) is 18.6 Å². The lowest BCUT2D eigenvalue weighted by atomic mass is 9.91. The number of fused-ring (bicyclic) bond motifs is 1. The molecule has 0 aliphatic carbocycles. The highest BCUT2D eigenvalue weighted by Crippen LogP contribution is 2.31. The summed E-state index contributed by atoms with van der Waals surface area (Å²) in [6.07, 6.45) is 4.21. The monoisotopic (exact) mass is 231 g/mol. The van der Waals surface area contributed by atoms with Crippen LogP contribution in [0.25, 0.3) is 11.0 Å². The van der Waals surface area contributed by atoms with Crippen LogP contribution in [0.2, 0.25) is 0 Å². The van der Waals surface area contributed by atoms with E-state index < -0.39 is 0 Å². The molecule has 0 bridgehead atoms. The molecule has 1 unspecified atom stereocenters. The van der Waals surface area contributed by atoms with E-state index in [-0.39, 0.29) is 0 Å². The van der Waals surface area contributed by atoms with Crippen LogP contribution in [-0.4, -0.2) is 14.8 Å². The van der Waals surface area contributed by atoms with E-state index in [0.29, 0.717) is 5.92 Å². The fraction of sp³-hybridized carbons (Fsp3) is 0.571. The number of aryl methyl sites for hydroxylation is 3. The normalized spacial score (nSPS) is 13.2. The molecule has 0 aromatic carbocycles. The minimum atomic E-state index is 0.568. The van der Waals surface area contributed by atoms with Crippen LogP contribution in [0.5, 0.6) is 0 Å². The highest BCUT2D eigenvalue weighted by Gasteiger charge is 2.17. The SMILES string of the molecule is CCc1cnc2c(c(C)nn2C)c1C(C)CC. The zero-order valence-electron chi connectivity index (χ0n) is 11.4. The quantitative estimate of drug-likeness (QED) is 0.811. The van der Waals surface area contributed by atoms with Gasteiger partial charge in [0.25, 0.3) is 0 Å². The Morgan fingerprint density at radius 1 is 1.35 bits per heavy atom. The van der Waals surface area contributed by atoms with Crippen molar-refractivity contribution in [1.29, 1.82) is 0 Å². The Morgan fingerprint density at radius 3 is 2.65 bits per heavy atom. The molecular formula is C14H21N3. The second-order valence-corrected chi connectivity index (χ2v) is 4.77. The summed E-state index contributed by atoms with van der Waals surface area (Å²) in [5.41, 5.74) is 4.92. The molecule has 17 heavy (non-hydrogen) atoms. The van der Waals surface area contributed by atoms with Crippen molar-refractivity contribution in [2.45, 2.75) is 46.5 Å². The van der Waals surface area contributed by atoms with Gasteiger partial charge in [-0.3, -0.25) is 4.68 Å². The van der Waals surface area contributed by atoms with Crippen LogP contribution in [0, 0.1) is 6.92 Å². The van der Waals surface area contributed by atoms with Crippen LogP contribution in [0.3, 0.4) is 0 Å². The summed E-state index contributed by atoms with van der Waals surface area (Å²) < 4.78 is 1.88. The molecule has 0 aliphatic rings. The maximum absolute atomic E-state index is 4.55. The third-order valence-corrected chi connectivity index (χ3v) is 3.64. The zero-order valence-corrected chi connectivity index (χ0v) is 11.4. The first-order chi connectivity index (χ1) is 8.10. The van der Waals surface area contributed by atoms with Crippen molar-refractivity contribution < 1.29 is 0 Å². The maximum Gasteiger partial charge on any atom is 0.158 e. The standard InChI is InChI=1S/C14H21N3/c1-6-9(3)12-11(7-2)8-15-14-13(12)10(4)16-17(14)5/h8-9H,6-7H2,1-5H3. The highest BCUT2D eigenvalue weighted by atomic mass is 15.3. The van der Waals surface area contributed by atoms with Crippen molar-refractivity contribution in [3.8, 4) is 0 Å². The Labute approximate surface area is 103 Å². The summed E-state index contributed by atoms with van der Waals surface area (Å²) in [5, 5.41) is 5.76. The lowest BCUT2D eigenvalue weighted by Crippen LogP contribution is -2.01. The van der Waals surface area contributed by atoms with Crippen molar-refractivity contribution in [2.75, 3.05) is 0 Å². The first kappa shape index (κ1) is 12.1. The molecule has 0 saturated carbocycles. The van der Waals surface area contributed by atoms with E-state index in [0.717, 1.165) is 24.2 Å². The van der Waals surface area contributed by atoms with Crippen LogP contribution in [0.4, 0.5) is 0 Å². The average Bonchev–Trinajstić information content (AvgIpc) is 2.63. The third kappa shape index (κ3) is 1.84. The summed E-state index contributed by atoms with van der Waals surface area (Å²) in [5.74, 6) is 0.568. The molecule has 2 heterocycles. The van der Waals surface area contributed by atoms with Gasteiger partial charge in [0.1, 0.15) is 0 Å². The molecule has 0 saturated heterocycles. The number of hydrogen-bond donors (Lipinski definition) is 0. The van der Waals surface area contributed by atoms with E-state index in [2.05, 4.69) is 37.8 Å². The Kier molecular flexibility index (Phi) is 3.18. The van der Waals surface area contributed by atoms with Gasteiger partial charge in [0.05, 0.1) is 5.69 Å². The predicted molar refractivity (Wildman–Crippen MR) is 71.3 cm³/mol. The van der Waals surface area contributed by atoms with Gasteiger partial charge in [-0.1, -0.05) is 20.8 Å². The van der Waals surface area contributed by atoms with Crippen LogP contribution < -0.4 is 0 Å². The Balaban J connectivity index is 2.82. The molecule has 2 rings (SSSR count). The Bertz CT molecular complexity index is 540. The van der Waals surface area contributed by atoms with Gasteiger partial charge in [-0.05, 0) is 36.8 Å². The summed E-state index contributed by atoms with van der Waals surface area (Å²) in [7, 11) is 1.97. The average molecular weight is 231 g/mol. The minimum Gasteiger partial charge on any atom is -0.250 e. The first-order valence-electron chi connectivity index (χ1n) is 6.41. The van der Waals surface area contributed by atoms with E-state index in [1.807, 2.05) is 17.9 Å². The highest BCUT2D eigenvalue weighted by molar-refractivity contribution is 5.83. The molecule has 0 aliphatic heterocycles. The second-order valence-electron chi connectivity index (χ2n) is 4.77. The number of hydrogen-bond acceptors (Lipinski definition) is 2. The smallest absolute Gasteiger partial charge is 0.158 e. The van der Waals surface area contributed by atoms with Crippen molar-refractivity contribution in [3.63, 3.8) is 0 Å². The summed E-state index contributed by atoms with van der Waals surface area (Å²) >= 11 is 0. The summed E-state index contributed by atoms with van der Waals surface area (Å²) in [6.45, 7) is 8.80. The molecular weight excluding hydrogens is 210 g/mol. The van der Waals surface area contributed by atoms with E-state index in [4.69, 9.17) is 0 Å². The fourth-order valence-electron chi connectivity index (χ4n) is 2.53. The van der Waals surface area contributed by atoms with E-state index in [9.17, 15) is 0 Å². The lowest BCUT2D eigenvalue weighted by Gasteiger charge is -2.15. The Hall–Kier alpha value is -1.38. The second kappa shape index (κ2) is 4.47. The fourth-order valence-corrected chi connectivity index (χ4v) is 2.53. The van der Waals surface area contributed by atoms with E-state index in [1.54, 1.807) is 0 Å². The topological polar surface area (TPSA) is 30.7 Å². The molecule has 0 spiro atoms. The Morgan fingerprint density at radius 2 is 2.06 bits per heavy atom. The molecule has 0 radical (unpaired) electrons. The van der Waals surface area contributed by atoms with Crippen LogP contribution in [-0.2, 0) is 13.5 Å².